The average molecular weight is 212 g/mol. The summed E-state index contributed by atoms with van der Waals surface area (Å²) in [6.45, 7) is 0. The third-order valence-electron chi connectivity index (χ3n) is 4.04. The van der Waals surface area contributed by atoms with Crippen molar-refractivity contribution in [2.24, 2.45) is 17.6 Å². The fourth-order valence-electron chi connectivity index (χ4n) is 3.00. The zero-order valence-electron chi connectivity index (χ0n) is 9.06. The Morgan fingerprint density at radius 1 is 1.13 bits per heavy atom. The summed E-state index contributed by atoms with van der Waals surface area (Å²) >= 11 is 0. The quantitative estimate of drug-likeness (QED) is 0.544. The number of hydrogen-bond acceptors (Lipinski definition) is 2. The number of nitrogens with zero attached hydrogens (tertiary/aromatic N) is 1. The van der Waals surface area contributed by atoms with Crippen LogP contribution in [0.5, 0.6) is 0 Å². The molecule has 0 radical (unpaired) electrons. The predicted molar refractivity (Wildman–Crippen MR) is 56.3 cm³/mol. The van der Waals surface area contributed by atoms with Gasteiger partial charge in [0.05, 0.1) is 6.04 Å². The second kappa shape index (κ2) is 4.39. The molecular formula is C11H20N2O2. The lowest BCUT2D eigenvalue weighted by Crippen LogP contribution is -2.49. The lowest BCUT2D eigenvalue weighted by molar-refractivity contribution is -0.119. The fraction of sp³-hybridized carbons (Fsp3) is 0.909. The molecule has 0 aromatic heterocycles. The van der Waals surface area contributed by atoms with Crippen molar-refractivity contribution in [1.29, 1.82) is 0 Å². The average Bonchev–Trinajstić information content (AvgIpc) is 2.17. The number of hydrogen-bond donors (Lipinski definition) is 2. The molecule has 4 heteroatoms. The predicted octanol–water partition coefficient (Wildman–Crippen LogP) is 2.12. The second-order valence-corrected chi connectivity index (χ2v) is 4.97. The Kier molecular flexibility index (Phi) is 3.14. The molecule has 2 saturated carbocycles. The van der Waals surface area contributed by atoms with Crippen LogP contribution in [-0.2, 0) is 0 Å². The van der Waals surface area contributed by atoms with Gasteiger partial charge in [0.2, 0.25) is 0 Å². The van der Waals surface area contributed by atoms with Gasteiger partial charge in [-0.15, -0.1) is 0 Å². The van der Waals surface area contributed by atoms with E-state index in [0.29, 0.717) is 11.0 Å². The van der Waals surface area contributed by atoms with Crippen LogP contribution in [0.3, 0.4) is 0 Å². The molecule has 0 atom stereocenters. The first-order valence-corrected chi connectivity index (χ1v) is 5.96. The van der Waals surface area contributed by atoms with Crippen LogP contribution in [0.25, 0.3) is 0 Å². The lowest BCUT2D eigenvalue weighted by atomic mass is 9.67. The number of amides is 2. The van der Waals surface area contributed by atoms with Crippen LogP contribution in [0.1, 0.15) is 44.9 Å². The number of nitrogens with two attached hydrogens (primary N) is 1. The number of carbonyl (C=O) groups is 1. The number of carbonyl (C=O) groups excluding carboxylic acids is 1. The van der Waals surface area contributed by atoms with E-state index in [-0.39, 0.29) is 6.04 Å². The zero-order chi connectivity index (χ0) is 10.8. The first-order chi connectivity index (χ1) is 7.18. The third-order valence-corrected chi connectivity index (χ3v) is 4.04. The van der Waals surface area contributed by atoms with Gasteiger partial charge in [-0.25, -0.2) is 9.86 Å². The number of primary amides is 1. The van der Waals surface area contributed by atoms with E-state index in [2.05, 4.69) is 0 Å². The van der Waals surface area contributed by atoms with Gasteiger partial charge in [0.15, 0.2) is 0 Å². The summed E-state index contributed by atoms with van der Waals surface area (Å²) in [7, 11) is 0. The van der Waals surface area contributed by atoms with Crippen LogP contribution < -0.4 is 5.73 Å². The topological polar surface area (TPSA) is 66.6 Å². The zero-order valence-corrected chi connectivity index (χ0v) is 9.06. The molecule has 2 amide bonds. The Balaban J connectivity index is 1.75. The van der Waals surface area contributed by atoms with Crippen molar-refractivity contribution in [1.82, 2.24) is 5.06 Å². The van der Waals surface area contributed by atoms with Crippen molar-refractivity contribution >= 4 is 6.03 Å². The Morgan fingerprint density at radius 3 is 2.27 bits per heavy atom. The van der Waals surface area contributed by atoms with E-state index in [1.165, 1.54) is 32.1 Å². The summed E-state index contributed by atoms with van der Waals surface area (Å²) in [5, 5.41) is 10.0. The smallest absolute Gasteiger partial charge is 0.338 e. The maximum absolute atomic E-state index is 10.7. The van der Waals surface area contributed by atoms with Crippen molar-refractivity contribution in [2.75, 3.05) is 0 Å². The summed E-state index contributed by atoms with van der Waals surface area (Å²) in [5.41, 5.74) is 5.01. The number of rotatable bonds is 2. The van der Waals surface area contributed by atoms with Crippen LogP contribution in [-0.4, -0.2) is 22.3 Å². The van der Waals surface area contributed by atoms with Crippen LogP contribution in [0.2, 0.25) is 0 Å². The highest BCUT2D eigenvalue weighted by molar-refractivity contribution is 5.71. The standard InChI is InChI=1S/C11H20N2O2/c12-11(14)13(15)10-6-9(7-10)8-4-2-1-3-5-8/h8-10,15H,1-7H2,(H2,12,14). The summed E-state index contributed by atoms with van der Waals surface area (Å²) in [5.74, 6) is 1.54. The summed E-state index contributed by atoms with van der Waals surface area (Å²) in [6.07, 6.45) is 8.61. The third kappa shape index (κ3) is 2.25. The Bertz CT molecular complexity index is 233. The monoisotopic (exact) mass is 212 g/mol. The SMILES string of the molecule is NC(=O)N(O)C1CC(C2CCCCC2)C1. The van der Waals surface area contributed by atoms with Crippen LogP contribution in [0.4, 0.5) is 4.79 Å². The molecule has 2 fully saturated rings. The van der Waals surface area contributed by atoms with E-state index in [1.807, 2.05) is 0 Å². The molecule has 0 aliphatic heterocycles. The Labute approximate surface area is 90.4 Å². The van der Waals surface area contributed by atoms with Gasteiger partial charge in [-0.3, -0.25) is 5.21 Å². The van der Waals surface area contributed by atoms with Gasteiger partial charge >= 0.3 is 6.03 Å². The first kappa shape index (κ1) is 10.7. The maximum Gasteiger partial charge on any atom is 0.338 e. The molecule has 0 bridgehead atoms. The van der Waals surface area contributed by atoms with Crippen LogP contribution in [0, 0.1) is 11.8 Å². The molecule has 3 N–H and O–H groups in total. The highest BCUT2D eigenvalue weighted by Gasteiger charge is 2.39. The van der Waals surface area contributed by atoms with Gasteiger partial charge in [0, 0.05) is 0 Å². The van der Waals surface area contributed by atoms with Crippen molar-refractivity contribution in [3.63, 3.8) is 0 Å². The summed E-state index contributed by atoms with van der Waals surface area (Å²) in [4.78, 5) is 10.7. The van der Waals surface area contributed by atoms with Crippen molar-refractivity contribution in [2.45, 2.75) is 51.0 Å². The van der Waals surface area contributed by atoms with Gasteiger partial charge < -0.3 is 5.73 Å². The van der Waals surface area contributed by atoms with E-state index < -0.39 is 6.03 Å². The highest BCUT2D eigenvalue weighted by Crippen LogP contribution is 2.42. The molecule has 0 aromatic rings. The molecule has 2 aliphatic rings. The van der Waals surface area contributed by atoms with E-state index in [9.17, 15) is 10.0 Å². The van der Waals surface area contributed by atoms with Gasteiger partial charge in [-0.05, 0) is 24.7 Å². The molecule has 0 aromatic carbocycles. The second-order valence-electron chi connectivity index (χ2n) is 4.97. The molecule has 4 nitrogen and oxygen atoms in total. The highest BCUT2D eigenvalue weighted by atomic mass is 16.5. The summed E-state index contributed by atoms with van der Waals surface area (Å²) in [6, 6.07) is -0.739. The Morgan fingerprint density at radius 2 is 1.73 bits per heavy atom. The van der Waals surface area contributed by atoms with E-state index in [0.717, 1.165) is 18.8 Å². The fourth-order valence-corrected chi connectivity index (χ4v) is 3.00. The normalized spacial score (nSPS) is 32.1. The molecular weight excluding hydrogens is 192 g/mol. The molecule has 2 aliphatic carbocycles. The van der Waals surface area contributed by atoms with Gasteiger partial charge in [0.25, 0.3) is 0 Å². The van der Waals surface area contributed by atoms with Crippen molar-refractivity contribution in [3.8, 4) is 0 Å². The van der Waals surface area contributed by atoms with Crippen molar-refractivity contribution in [3.05, 3.63) is 0 Å². The largest absolute Gasteiger partial charge is 0.350 e. The van der Waals surface area contributed by atoms with E-state index in [1.54, 1.807) is 0 Å². The molecule has 0 saturated heterocycles. The molecule has 0 unspecified atom stereocenters. The summed E-state index contributed by atoms with van der Waals surface area (Å²) < 4.78 is 0. The van der Waals surface area contributed by atoms with Gasteiger partial charge in [-0.2, -0.15) is 0 Å². The van der Waals surface area contributed by atoms with Crippen molar-refractivity contribution < 1.29 is 10.0 Å². The first-order valence-electron chi connectivity index (χ1n) is 5.96. The van der Waals surface area contributed by atoms with Crippen LogP contribution in [0.15, 0.2) is 0 Å². The van der Waals surface area contributed by atoms with Gasteiger partial charge in [-0.1, -0.05) is 32.1 Å². The number of hydroxylamine groups is 2. The molecule has 86 valence electrons. The molecule has 15 heavy (non-hydrogen) atoms. The van der Waals surface area contributed by atoms with Gasteiger partial charge in [0.1, 0.15) is 0 Å². The minimum absolute atomic E-state index is 0.0190. The van der Waals surface area contributed by atoms with Crippen LogP contribution >= 0.6 is 0 Å². The molecule has 2 rings (SSSR count). The van der Waals surface area contributed by atoms with E-state index >= 15 is 0 Å². The number of urea groups is 1. The maximum atomic E-state index is 10.7. The minimum Gasteiger partial charge on any atom is -0.350 e. The van der Waals surface area contributed by atoms with E-state index in [4.69, 9.17) is 5.73 Å². The minimum atomic E-state index is -0.720. The molecule has 0 heterocycles. The lowest BCUT2D eigenvalue weighted by Gasteiger charge is -2.44. The molecule has 0 spiro atoms. The Hall–Kier alpha value is -0.770.